The molecule has 4 heterocycles. The molecule has 0 aliphatic carbocycles. The zero-order valence-electron chi connectivity index (χ0n) is 23.3. The quantitative estimate of drug-likeness (QED) is 0.266. The molecule has 2 aliphatic heterocycles. The molecule has 1 fully saturated rings. The molecule has 2 N–H and O–H groups in total. The van der Waals surface area contributed by atoms with Crippen LogP contribution in [-0.2, 0) is 18.0 Å². The molecule has 2 unspecified atom stereocenters. The minimum atomic E-state index is -0.569. The fourth-order valence-corrected chi connectivity index (χ4v) is 7.12. The fraction of sp³-hybridized carbons (Fsp3) is 0.452. The summed E-state index contributed by atoms with van der Waals surface area (Å²) in [4.78, 5) is 11.9. The average molecular weight is 564 g/mol. The molecule has 5 rings (SSSR count). The zero-order chi connectivity index (χ0) is 28.6. The van der Waals surface area contributed by atoms with E-state index in [0.29, 0.717) is 28.9 Å². The van der Waals surface area contributed by atoms with Crippen molar-refractivity contribution in [2.24, 2.45) is 5.92 Å². The molecule has 1 aromatic carbocycles. The highest BCUT2D eigenvalue weighted by Crippen LogP contribution is 2.45. The molecule has 9 heteroatoms. The van der Waals surface area contributed by atoms with E-state index in [1.54, 1.807) is 13.1 Å². The summed E-state index contributed by atoms with van der Waals surface area (Å²) >= 11 is 0.958. The van der Waals surface area contributed by atoms with Crippen molar-refractivity contribution in [2.45, 2.75) is 78.6 Å². The van der Waals surface area contributed by atoms with Gasteiger partial charge in [-0.2, -0.15) is 5.26 Å². The molecule has 0 amide bonds. The summed E-state index contributed by atoms with van der Waals surface area (Å²) in [7, 11) is 0. The number of hydrogen-bond acceptors (Lipinski definition) is 7. The number of nitrogens with zero attached hydrogens (tertiary/aromatic N) is 4. The molecule has 0 radical (unpaired) electrons. The second kappa shape index (κ2) is 11.6. The van der Waals surface area contributed by atoms with Gasteiger partial charge in [0.25, 0.3) is 0 Å². The Morgan fingerprint density at radius 3 is 2.80 bits per heavy atom. The van der Waals surface area contributed by atoms with Gasteiger partial charge in [-0.1, -0.05) is 52.2 Å². The largest absolute Gasteiger partial charge is 0.389 e. The van der Waals surface area contributed by atoms with E-state index >= 15 is 4.39 Å². The molecule has 0 spiro atoms. The summed E-state index contributed by atoms with van der Waals surface area (Å²) < 4.78 is 37.3. The molecule has 40 heavy (non-hydrogen) atoms. The summed E-state index contributed by atoms with van der Waals surface area (Å²) in [6.45, 7) is 11.5. The summed E-state index contributed by atoms with van der Waals surface area (Å²) in [5, 5.41) is 10.6. The number of fused-ring (bicyclic) bond motifs is 3. The molecule has 210 valence electrons. The Kier molecular flexibility index (Phi) is 8.20. The van der Waals surface area contributed by atoms with Gasteiger partial charge in [0.05, 0.1) is 23.7 Å². The number of anilines is 2. The Morgan fingerprint density at radius 2 is 2.08 bits per heavy atom. The van der Waals surface area contributed by atoms with Crippen LogP contribution in [0.3, 0.4) is 0 Å². The van der Waals surface area contributed by atoms with Crippen LogP contribution in [0.15, 0.2) is 18.9 Å². The van der Waals surface area contributed by atoms with E-state index < -0.39 is 11.6 Å². The van der Waals surface area contributed by atoms with Gasteiger partial charge in [-0.25, -0.2) is 18.7 Å². The Bertz CT molecular complexity index is 1540. The Morgan fingerprint density at radius 1 is 1.30 bits per heavy atom. The lowest BCUT2D eigenvalue weighted by molar-refractivity contribution is 0.134. The number of unbranched alkanes of at least 4 members (excludes halogenated alkanes) is 3. The van der Waals surface area contributed by atoms with Crippen molar-refractivity contribution in [3.8, 4) is 6.07 Å². The molecule has 6 nitrogen and oxygen atoms in total. The standard InChI is InChI=1S/C31H35F2N5OS/c1-5-7-8-9-10-24-17(3)11-12-38(24)31-36-14-20-21-15-39-16-22(21)25(27(33)28(20)37-31)18(4)26-19(13-34)30(35)40-29(26)23(32)6-2/h6,14,17,24H,4-5,7-12,15-16,35H2,1-3H3/b23-6+. The molecular formula is C31H35F2N5OS. The van der Waals surface area contributed by atoms with Crippen LogP contribution in [0.5, 0.6) is 0 Å². The number of benzene rings is 1. The maximum absolute atomic E-state index is 16.6. The lowest BCUT2D eigenvalue weighted by Gasteiger charge is -2.27. The van der Waals surface area contributed by atoms with E-state index in [0.717, 1.165) is 42.7 Å². The molecule has 1 saturated heterocycles. The fourth-order valence-electron chi connectivity index (χ4n) is 6.11. The topological polar surface area (TPSA) is 88.1 Å². The third-order valence-electron chi connectivity index (χ3n) is 8.30. The highest BCUT2D eigenvalue weighted by atomic mass is 32.1. The van der Waals surface area contributed by atoms with Gasteiger partial charge in [0.2, 0.25) is 5.95 Å². The lowest BCUT2D eigenvalue weighted by Crippen LogP contribution is -2.33. The van der Waals surface area contributed by atoms with Gasteiger partial charge < -0.3 is 15.4 Å². The number of aromatic nitrogens is 2. The maximum Gasteiger partial charge on any atom is 0.226 e. The van der Waals surface area contributed by atoms with Crippen LogP contribution in [-0.4, -0.2) is 22.6 Å². The van der Waals surface area contributed by atoms with Crippen molar-refractivity contribution in [2.75, 3.05) is 17.2 Å². The van der Waals surface area contributed by atoms with Gasteiger partial charge in [0.15, 0.2) is 5.82 Å². The zero-order valence-corrected chi connectivity index (χ0v) is 24.1. The van der Waals surface area contributed by atoms with Gasteiger partial charge >= 0.3 is 0 Å². The normalized spacial score (nSPS) is 18.9. The minimum Gasteiger partial charge on any atom is -0.389 e. The van der Waals surface area contributed by atoms with Crippen LogP contribution < -0.4 is 10.6 Å². The van der Waals surface area contributed by atoms with Gasteiger partial charge in [0.1, 0.15) is 22.4 Å². The average Bonchev–Trinajstić information content (AvgIpc) is 3.67. The second-order valence-electron chi connectivity index (χ2n) is 10.7. The Balaban J connectivity index is 1.62. The van der Waals surface area contributed by atoms with E-state index in [1.165, 1.54) is 25.3 Å². The van der Waals surface area contributed by atoms with Crippen LogP contribution in [0, 0.1) is 23.1 Å². The predicted octanol–water partition coefficient (Wildman–Crippen LogP) is 7.89. The van der Waals surface area contributed by atoms with Gasteiger partial charge in [-0.15, -0.1) is 11.3 Å². The first-order chi connectivity index (χ1) is 19.3. The van der Waals surface area contributed by atoms with Crippen LogP contribution in [0.1, 0.15) is 92.0 Å². The van der Waals surface area contributed by atoms with Crippen LogP contribution in [0.4, 0.5) is 19.7 Å². The van der Waals surface area contributed by atoms with Crippen LogP contribution >= 0.6 is 11.3 Å². The number of ether oxygens (including phenoxy) is 1. The molecule has 0 bridgehead atoms. The number of thiophene rings is 1. The predicted molar refractivity (Wildman–Crippen MR) is 158 cm³/mol. The molecule has 2 aromatic heterocycles. The summed E-state index contributed by atoms with van der Waals surface area (Å²) in [5.41, 5.74) is 8.37. The van der Waals surface area contributed by atoms with Gasteiger partial charge in [0, 0.05) is 35.3 Å². The van der Waals surface area contributed by atoms with Gasteiger partial charge in [-0.3, -0.25) is 0 Å². The highest BCUT2D eigenvalue weighted by molar-refractivity contribution is 7.17. The van der Waals surface area contributed by atoms with Crippen molar-refractivity contribution in [3.63, 3.8) is 0 Å². The molecule has 0 saturated carbocycles. The molecular weight excluding hydrogens is 528 g/mol. The van der Waals surface area contributed by atoms with Crippen molar-refractivity contribution < 1.29 is 13.5 Å². The monoisotopic (exact) mass is 563 g/mol. The van der Waals surface area contributed by atoms with E-state index in [-0.39, 0.29) is 50.9 Å². The number of nitrogens with two attached hydrogens (primary N) is 1. The van der Waals surface area contributed by atoms with Crippen molar-refractivity contribution in [1.29, 1.82) is 5.26 Å². The maximum atomic E-state index is 16.6. The molecule has 2 atom stereocenters. The minimum absolute atomic E-state index is 0.0921. The third kappa shape index (κ3) is 4.77. The van der Waals surface area contributed by atoms with E-state index in [1.807, 2.05) is 0 Å². The van der Waals surface area contributed by atoms with E-state index in [9.17, 15) is 9.65 Å². The number of allylic oxidation sites excluding steroid dienone is 1. The van der Waals surface area contributed by atoms with Crippen molar-refractivity contribution in [1.82, 2.24) is 9.97 Å². The number of halogens is 2. The van der Waals surface area contributed by atoms with E-state index in [2.05, 4.69) is 31.4 Å². The first kappa shape index (κ1) is 28.2. The van der Waals surface area contributed by atoms with Crippen LogP contribution in [0.25, 0.3) is 22.3 Å². The van der Waals surface area contributed by atoms with E-state index in [4.69, 9.17) is 20.4 Å². The number of nitriles is 1. The number of hydrogen-bond donors (Lipinski definition) is 1. The number of nitrogen functional groups attached to an aromatic ring is 1. The molecule has 2 aliphatic rings. The number of rotatable bonds is 9. The SMILES string of the molecule is C=C(c1c(/C(F)=C\C)sc(N)c1C#N)c1c2c(c3cnc(N4CCC(C)C4CCCCCC)nc3c1F)COC2. The second-order valence-corrected chi connectivity index (χ2v) is 11.8. The Labute approximate surface area is 238 Å². The summed E-state index contributed by atoms with van der Waals surface area (Å²) in [6.07, 6.45) is 9.85. The van der Waals surface area contributed by atoms with Gasteiger partial charge in [-0.05, 0) is 42.4 Å². The third-order valence-corrected chi connectivity index (χ3v) is 9.33. The highest BCUT2D eigenvalue weighted by Gasteiger charge is 2.34. The summed E-state index contributed by atoms with van der Waals surface area (Å²) in [6, 6.07) is 2.37. The summed E-state index contributed by atoms with van der Waals surface area (Å²) in [5.74, 6) is -0.0888. The first-order valence-corrected chi connectivity index (χ1v) is 14.8. The lowest BCUT2D eigenvalue weighted by atomic mass is 9.89. The van der Waals surface area contributed by atoms with Crippen molar-refractivity contribution in [3.05, 3.63) is 57.4 Å². The Hall–Kier alpha value is -3.35. The first-order valence-electron chi connectivity index (χ1n) is 14.0. The smallest absolute Gasteiger partial charge is 0.226 e. The molecule has 3 aromatic rings. The van der Waals surface area contributed by atoms with Crippen molar-refractivity contribution >= 4 is 44.6 Å². The van der Waals surface area contributed by atoms with Crippen LogP contribution in [0.2, 0.25) is 0 Å².